The molecule has 4 heteroatoms. The lowest BCUT2D eigenvalue weighted by atomic mass is 10.3. The predicted molar refractivity (Wildman–Crippen MR) is 49.1 cm³/mol. The number of nitrogens with zero attached hydrogens (tertiary/aromatic N) is 1. The molecular formula is C8H12N2OS. The lowest BCUT2D eigenvalue weighted by molar-refractivity contribution is -0.120. The standard InChI is InChI=1S/C8H12N2OS/c1-2-8(11)10-4-3-7-5-9-6-12-7/h5-6H,2-4H2,1H3,(H,10,11). The van der Waals surface area contributed by atoms with Gasteiger partial charge < -0.3 is 5.32 Å². The van der Waals surface area contributed by atoms with Gasteiger partial charge in [0.05, 0.1) is 5.51 Å². The SMILES string of the molecule is CCC(=O)NCCc1cncs1. The molecule has 0 spiro atoms. The van der Waals surface area contributed by atoms with Crippen molar-refractivity contribution >= 4 is 17.2 Å². The lowest BCUT2D eigenvalue weighted by Crippen LogP contribution is -2.24. The minimum atomic E-state index is 0.111. The first-order valence-corrected chi connectivity index (χ1v) is 4.85. The number of amides is 1. The van der Waals surface area contributed by atoms with Crippen LogP contribution in [0.15, 0.2) is 11.7 Å². The maximum atomic E-state index is 10.8. The van der Waals surface area contributed by atoms with E-state index in [1.165, 1.54) is 4.88 Å². The van der Waals surface area contributed by atoms with Crippen molar-refractivity contribution in [2.75, 3.05) is 6.54 Å². The van der Waals surface area contributed by atoms with Gasteiger partial charge in [-0.3, -0.25) is 9.78 Å². The summed E-state index contributed by atoms with van der Waals surface area (Å²) in [5, 5.41) is 2.81. The van der Waals surface area contributed by atoms with E-state index in [1.807, 2.05) is 13.1 Å². The van der Waals surface area contributed by atoms with E-state index in [-0.39, 0.29) is 5.91 Å². The van der Waals surface area contributed by atoms with E-state index in [1.54, 1.807) is 16.8 Å². The molecule has 0 aliphatic heterocycles. The molecule has 0 bridgehead atoms. The fourth-order valence-electron chi connectivity index (χ4n) is 0.816. The number of carbonyl (C=O) groups excluding carboxylic acids is 1. The van der Waals surface area contributed by atoms with Crippen LogP contribution in [-0.2, 0) is 11.2 Å². The Morgan fingerprint density at radius 1 is 1.75 bits per heavy atom. The highest BCUT2D eigenvalue weighted by atomic mass is 32.1. The normalized spacial score (nSPS) is 9.75. The van der Waals surface area contributed by atoms with Crippen molar-refractivity contribution in [3.63, 3.8) is 0 Å². The Morgan fingerprint density at radius 2 is 2.58 bits per heavy atom. The van der Waals surface area contributed by atoms with Crippen LogP contribution in [0.2, 0.25) is 0 Å². The van der Waals surface area contributed by atoms with Gasteiger partial charge in [0.1, 0.15) is 0 Å². The molecule has 1 aromatic rings. The summed E-state index contributed by atoms with van der Waals surface area (Å²) < 4.78 is 0. The van der Waals surface area contributed by atoms with E-state index < -0.39 is 0 Å². The fourth-order valence-corrected chi connectivity index (χ4v) is 1.41. The second-order valence-corrected chi connectivity index (χ2v) is 3.39. The Labute approximate surface area is 75.8 Å². The first kappa shape index (κ1) is 9.19. The summed E-state index contributed by atoms with van der Waals surface area (Å²) in [5.74, 6) is 0.111. The zero-order valence-corrected chi connectivity index (χ0v) is 7.86. The van der Waals surface area contributed by atoms with E-state index in [0.29, 0.717) is 6.42 Å². The van der Waals surface area contributed by atoms with E-state index in [4.69, 9.17) is 0 Å². The van der Waals surface area contributed by atoms with Gasteiger partial charge >= 0.3 is 0 Å². The first-order chi connectivity index (χ1) is 5.83. The van der Waals surface area contributed by atoms with E-state index >= 15 is 0 Å². The van der Waals surface area contributed by atoms with Gasteiger partial charge in [0.2, 0.25) is 5.91 Å². The average Bonchev–Trinajstić information content (AvgIpc) is 2.57. The molecule has 0 saturated carbocycles. The Morgan fingerprint density at radius 3 is 3.17 bits per heavy atom. The summed E-state index contributed by atoms with van der Waals surface area (Å²) in [6, 6.07) is 0. The maximum absolute atomic E-state index is 10.8. The van der Waals surface area contributed by atoms with Crippen molar-refractivity contribution in [2.24, 2.45) is 0 Å². The predicted octanol–water partition coefficient (Wildman–Crippen LogP) is 1.21. The molecule has 0 aliphatic carbocycles. The first-order valence-electron chi connectivity index (χ1n) is 3.97. The molecular weight excluding hydrogens is 172 g/mol. The summed E-state index contributed by atoms with van der Waals surface area (Å²) in [6.45, 7) is 2.57. The average molecular weight is 184 g/mol. The quantitative estimate of drug-likeness (QED) is 0.764. The lowest BCUT2D eigenvalue weighted by Gasteiger charge is -2.00. The number of hydrogen-bond acceptors (Lipinski definition) is 3. The number of nitrogens with one attached hydrogen (secondary N) is 1. The van der Waals surface area contributed by atoms with Crippen molar-refractivity contribution in [2.45, 2.75) is 19.8 Å². The largest absolute Gasteiger partial charge is 0.356 e. The molecule has 66 valence electrons. The van der Waals surface area contributed by atoms with Crippen LogP contribution in [0.4, 0.5) is 0 Å². The molecule has 1 N–H and O–H groups in total. The molecule has 0 fully saturated rings. The summed E-state index contributed by atoms with van der Waals surface area (Å²) >= 11 is 1.62. The van der Waals surface area contributed by atoms with Crippen LogP contribution in [0, 0.1) is 0 Å². The monoisotopic (exact) mass is 184 g/mol. The van der Waals surface area contributed by atoms with Crippen LogP contribution in [0.1, 0.15) is 18.2 Å². The van der Waals surface area contributed by atoms with Crippen molar-refractivity contribution in [1.82, 2.24) is 10.3 Å². The van der Waals surface area contributed by atoms with Gasteiger partial charge in [-0.1, -0.05) is 6.92 Å². The van der Waals surface area contributed by atoms with Crippen molar-refractivity contribution in [3.05, 3.63) is 16.6 Å². The van der Waals surface area contributed by atoms with Gasteiger partial charge in [0.15, 0.2) is 0 Å². The highest BCUT2D eigenvalue weighted by Crippen LogP contribution is 2.04. The third kappa shape index (κ3) is 3.00. The molecule has 1 heterocycles. The van der Waals surface area contributed by atoms with Crippen LogP contribution in [0.25, 0.3) is 0 Å². The molecule has 0 aromatic carbocycles. The summed E-state index contributed by atoms with van der Waals surface area (Å²) in [5.41, 5.74) is 1.80. The van der Waals surface area contributed by atoms with Crippen molar-refractivity contribution in [1.29, 1.82) is 0 Å². The smallest absolute Gasteiger partial charge is 0.219 e. The minimum Gasteiger partial charge on any atom is -0.356 e. The summed E-state index contributed by atoms with van der Waals surface area (Å²) in [7, 11) is 0. The van der Waals surface area contributed by atoms with E-state index in [0.717, 1.165) is 13.0 Å². The highest BCUT2D eigenvalue weighted by Gasteiger charge is 1.97. The molecule has 0 unspecified atom stereocenters. The number of thiazole rings is 1. The molecule has 0 aliphatic rings. The Kier molecular flexibility index (Phi) is 3.73. The second kappa shape index (κ2) is 4.87. The molecule has 1 amide bonds. The van der Waals surface area contributed by atoms with Crippen LogP contribution in [0.3, 0.4) is 0 Å². The third-order valence-electron chi connectivity index (χ3n) is 1.50. The number of hydrogen-bond donors (Lipinski definition) is 1. The Balaban J connectivity index is 2.15. The van der Waals surface area contributed by atoms with Gasteiger partial charge in [-0.2, -0.15) is 0 Å². The fraction of sp³-hybridized carbons (Fsp3) is 0.500. The van der Waals surface area contributed by atoms with Gasteiger partial charge in [-0.15, -0.1) is 11.3 Å². The third-order valence-corrected chi connectivity index (χ3v) is 2.34. The number of carbonyl (C=O) groups is 1. The molecule has 12 heavy (non-hydrogen) atoms. The van der Waals surface area contributed by atoms with E-state index in [9.17, 15) is 4.79 Å². The Bertz CT molecular complexity index is 233. The molecule has 3 nitrogen and oxygen atoms in total. The minimum absolute atomic E-state index is 0.111. The molecule has 0 saturated heterocycles. The zero-order chi connectivity index (χ0) is 8.81. The van der Waals surface area contributed by atoms with Crippen LogP contribution in [-0.4, -0.2) is 17.4 Å². The zero-order valence-electron chi connectivity index (χ0n) is 7.04. The number of rotatable bonds is 4. The number of aromatic nitrogens is 1. The molecule has 1 rings (SSSR count). The van der Waals surface area contributed by atoms with Crippen LogP contribution < -0.4 is 5.32 Å². The van der Waals surface area contributed by atoms with Crippen molar-refractivity contribution in [3.8, 4) is 0 Å². The molecule has 1 aromatic heterocycles. The Hall–Kier alpha value is -0.900. The summed E-state index contributed by atoms with van der Waals surface area (Å²) in [6.07, 6.45) is 3.28. The molecule has 0 atom stereocenters. The van der Waals surface area contributed by atoms with Gasteiger partial charge in [-0.05, 0) is 0 Å². The van der Waals surface area contributed by atoms with Gasteiger partial charge in [-0.25, -0.2) is 0 Å². The highest BCUT2D eigenvalue weighted by molar-refractivity contribution is 7.09. The van der Waals surface area contributed by atoms with E-state index in [2.05, 4.69) is 10.3 Å². The second-order valence-electron chi connectivity index (χ2n) is 2.42. The molecule has 0 radical (unpaired) electrons. The van der Waals surface area contributed by atoms with Gasteiger partial charge in [0, 0.05) is 30.5 Å². The van der Waals surface area contributed by atoms with Gasteiger partial charge in [0.25, 0.3) is 0 Å². The summed E-state index contributed by atoms with van der Waals surface area (Å²) in [4.78, 5) is 16.0. The maximum Gasteiger partial charge on any atom is 0.219 e. The van der Waals surface area contributed by atoms with Crippen LogP contribution >= 0.6 is 11.3 Å². The van der Waals surface area contributed by atoms with Crippen molar-refractivity contribution < 1.29 is 4.79 Å². The van der Waals surface area contributed by atoms with Crippen LogP contribution in [0.5, 0.6) is 0 Å². The topological polar surface area (TPSA) is 42.0 Å².